The molecule has 16 heteroatoms. The second-order valence-corrected chi connectivity index (χ2v) is 43.0. The Balaban J connectivity index is 2.47. The highest BCUT2D eigenvalue weighted by molar-refractivity contribution is 5.85. The van der Waals surface area contributed by atoms with Crippen molar-refractivity contribution in [2.24, 2.45) is 43.3 Å². The Labute approximate surface area is 748 Å². The Kier molecular flexibility index (Phi) is 41.1. The molecule has 0 amide bonds. The molecule has 4 aromatic carbocycles. The highest BCUT2D eigenvalue weighted by Gasteiger charge is 2.42. The maximum atomic E-state index is 15.4. The molecule has 4 aromatic rings. The van der Waals surface area contributed by atoms with Gasteiger partial charge in [0, 0.05) is 92.4 Å². The topological polar surface area (TPSA) is 210 Å². The normalized spacial score (nSPS) is 15.2. The molecule has 0 atom stereocenters. The predicted molar refractivity (Wildman–Crippen MR) is 502 cm³/mol. The predicted octanol–water partition coefficient (Wildman–Crippen LogP) is 29.4. The van der Waals surface area contributed by atoms with Crippen molar-refractivity contribution in [3.05, 3.63) is 144 Å². The molecular formula is C108H160O16. The zero-order valence-electron chi connectivity index (χ0n) is 81.2. The number of esters is 8. The van der Waals surface area contributed by atoms with Crippen molar-refractivity contribution in [1.82, 2.24) is 0 Å². The van der Waals surface area contributed by atoms with Crippen LogP contribution in [0.5, 0.6) is 46.0 Å². The zero-order chi connectivity index (χ0) is 92.9. The van der Waals surface area contributed by atoms with Crippen LogP contribution in [0.1, 0.15) is 440 Å². The van der Waals surface area contributed by atoms with E-state index in [-0.39, 0.29) is 46.0 Å². The smallest absolute Gasteiger partial charge is 0.316 e. The summed E-state index contributed by atoms with van der Waals surface area (Å²) >= 11 is 0. The van der Waals surface area contributed by atoms with Gasteiger partial charge in [0.15, 0.2) is 0 Å². The van der Waals surface area contributed by atoms with Gasteiger partial charge in [-0.15, -0.1) is 26.3 Å². The van der Waals surface area contributed by atoms with Gasteiger partial charge in [-0.2, -0.15) is 0 Å². The number of unbranched alkanes of at least 4 members (excludes halogenated alkanes) is 24. The molecule has 0 fully saturated rings. The molecule has 16 nitrogen and oxygen atoms in total. The third-order valence-corrected chi connectivity index (χ3v) is 22.7. The van der Waals surface area contributed by atoms with Crippen LogP contribution in [-0.2, 0) is 38.4 Å². The summed E-state index contributed by atoms with van der Waals surface area (Å²) in [5.74, 6) is -7.97. The van der Waals surface area contributed by atoms with E-state index >= 15 is 38.4 Å². The second kappa shape index (κ2) is 48.0. The molecule has 0 spiro atoms. The molecule has 124 heavy (non-hydrogen) atoms. The molecule has 8 bridgehead atoms. The van der Waals surface area contributed by atoms with Gasteiger partial charge in [-0.25, -0.2) is 0 Å². The number of hydrogen-bond donors (Lipinski definition) is 0. The summed E-state index contributed by atoms with van der Waals surface area (Å²) in [6, 6.07) is 14.5. The molecular weight excluding hydrogens is 1550 g/mol. The van der Waals surface area contributed by atoms with Gasteiger partial charge >= 0.3 is 47.8 Å². The van der Waals surface area contributed by atoms with E-state index in [4.69, 9.17) is 37.9 Å². The van der Waals surface area contributed by atoms with Gasteiger partial charge in [0.25, 0.3) is 0 Å². The van der Waals surface area contributed by atoms with Crippen molar-refractivity contribution in [3.8, 4) is 46.0 Å². The van der Waals surface area contributed by atoms with E-state index < -0.39 is 115 Å². The fraction of sp³-hybridized carbons (Fsp3) is 0.630. The third kappa shape index (κ3) is 33.4. The Morgan fingerprint density at radius 3 is 0.427 bits per heavy atom. The maximum Gasteiger partial charge on any atom is 0.316 e. The Morgan fingerprint density at radius 2 is 0.315 bits per heavy atom. The van der Waals surface area contributed by atoms with Gasteiger partial charge in [-0.05, 0) is 267 Å². The van der Waals surface area contributed by atoms with Gasteiger partial charge < -0.3 is 37.9 Å². The highest BCUT2D eigenvalue weighted by Crippen LogP contribution is 2.56. The van der Waals surface area contributed by atoms with Crippen LogP contribution in [0.2, 0.25) is 0 Å². The summed E-state index contributed by atoms with van der Waals surface area (Å²) in [5.41, 5.74) is -5.27. The lowest BCUT2D eigenvalue weighted by molar-refractivity contribution is -0.144. The molecule has 1 aliphatic rings. The van der Waals surface area contributed by atoms with E-state index in [9.17, 15) is 0 Å². The molecule has 688 valence electrons. The van der Waals surface area contributed by atoms with Gasteiger partial charge in [0.1, 0.15) is 46.0 Å². The zero-order valence-corrected chi connectivity index (χ0v) is 81.2. The Bertz CT molecular complexity index is 3510. The van der Waals surface area contributed by atoms with Gasteiger partial charge in [-0.3, -0.25) is 38.4 Å². The van der Waals surface area contributed by atoms with Crippen molar-refractivity contribution in [2.75, 3.05) is 0 Å². The summed E-state index contributed by atoms with van der Waals surface area (Å²) in [4.78, 5) is 123. The van der Waals surface area contributed by atoms with Crippen LogP contribution in [0.25, 0.3) is 0 Å². The number of rotatable bonds is 44. The van der Waals surface area contributed by atoms with Crippen LogP contribution in [0.3, 0.4) is 0 Å². The number of fused-ring (bicyclic) bond motifs is 8. The summed E-state index contributed by atoms with van der Waals surface area (Å²) in [6.07, 6.45) is 33.1. The fourth-order valence-electron chi connectivity index (χ4n) is 14.6. The molecule has 0 N–H and O–H groups in total. The molecule has 1 aliphatic carbocycles. The number of carbonyl (C=O) groups excluding carboxylic acids is 8. The molecule has 0 heterocycles. The summed E-state index contributed by atoms with van der Waals surface area (Å²) in [5, 5.41) is 0. The van der Waals surface area contributed by atoms with E-state index in [1.54, 1.807) is 190 Å². The summed E-state index contributed by atoms with van der Waals surface area (Å²) in [6.45, 7) is 58.4. The average molecular weight is 1710 g/mol. The minimum Gasteiger partial charge on any atom is -0.426 e. The van der Waals surface area contributed by atoms with E-state index in [1.165, 1.54) is 0 Å². The highest BCUT2D eigenvalue weighted by atomic mass is 16.6. The largest absolute Gasteiger partial charge is 0.426 e. The average Bonchev–Trinajstić information content (AvgIpc) is 0.742. The number of benzene rings is 4. The van der Waals surface area contributed by atoms with Crippen molar-refractivity contribution in [2.45, 2.75) is 395 Å². The van der Waals surface area contributed by atoms with Crippen molar-refractivity contribution in [1.29, 1.82) is 0 Å². The quantitative estimate of drug-likeness (QED) is 0.0174. The van der Waals surface area contributed by atoms with Gasteiger partial charge in [-0.1, -0.05) is 153 Å². The van der Waals surface area contributed by atoms with Crippen LogP contribution in [0, 0.1) is 43.3 Å². The fourth-order valence-corrected chi connectivity index (χ4v) is 14.6. The Morgan fingerprint density at radius 1 is 0.202 bits per heavy atom. The lowest BCUT2D eigenvalue weighted by Gasteiger charge is -2.33. The van der Waals surface area contributed by atoms with E-state index in [0.717, 1.165) is 154 Å². The lowest BCUT2D eigenvalue weighted by atomic mass is 9.76. The SMILES string of the molecule is C=CCCCCCCCCC1c2cc(c(OC(=O)C(C)(C)C)cc2OC(=O)C(C)(C)C)C(CCCCCCCCC=C)c2cc(c(OC(=O)C(C)(C)C)cc2OC(=O)C(C)(C)C)C(CCCCCCCCC=C)c2cc(c(OC(=O)C(C)(C)C)cc2OC(=O)C(C)(C)C)C(CCCCCCCCC=C)c2cc1c(OC(=O)C(C)(C)C)cc2OC(=O)C(C)(C)C. The summed E-state index contributed by atoms with van der Waals surface area (Å²) < 4.78 is 55.7. The standard InChI is InChI=1S/C108H160O16/c1-29-33-37-41-45-49-53-57-61-73-77-65-79(87(119-95(111)103(11,12)13)69-85(77)117-93(109)101(5,6)7)74(62-58-54-50-46-42-38-34-30-2)81-67-83(91(123-99(115)107(23,24)25)71-89(81)121-97(113)105(17,18)19)76(64-60-56-52-48-44-40-36-32-4)84-68-82(90(122-98(114)106(20,21)22)72-92(84)124-100(116)108(26,27)28)75(63-59-55-51-47-43-39-35-31-3)80-66-78(73)86(118-94(110)102(8,9)10)70-88(80)120-96(112)104(14,15)16/h29-32,65-76H,1-4,33-64H2,5-28H3. The Hall–Kier alpha value is -8.40. The molecule has 5 rings (SSSR count). The molecule has 0 aromatic heterocycles. The monoisotopic (exact) mass is 1710 g/mol. The van der Waals surface area contributed by atoms with E-state index in [0.29, 0.717) is 95.9 Å². The van der Waals surface area contributed by atoms with Gasteiger partial charge in [0.2, 0.25) is 0 Å². The molecule has 0 aliphatic heterocycles. The maximum absolute atomic E-state index is 15.4. The number of carbonyl (C=O) groups is 8. The first kappa shape index (κ1) is 106. The molecule has 0 saturated carbocycles. The van der Waals surface area contributed by atoms with Crippen molar-refractivity contribution < 1.29 is 76.3 Å². The van der Waals surface area contributed by atoms with Crippen molar-refractivity contribution in [3.63, 3.8) is 0 Å². The number of hydrogen-bond acceptors (Lipinski definition) is 16. The van der Waals surface area contributed by atoms with Crippen LogP contribution < -0.4 is 37.9 Å². The first-order chi connectivity index (χ1) is 57.8. The first-order valence-electron chi connectivity index (χ1n) is 46.7. The van der Waals surface area contributed by atoms with Crippen LogP contribution in [0.15, 0.2) is 99.2 Å². The van der Waals surface area contributed by atoms with E-state index in [1.807, 2.05) is 48.6 Å². The lowest BCUT2D eigenvalue weighted by Crippen LogP contribution is -2.29. The minimum absolute atomic E-state index is 0.0587. The van der Waals surface area contributed by atoms with Crippen molar-refractivity contribution >= 4 is 47.8 Å². The molecule has 0 radical (unpaired) electrons. The molecule has 0 unspecified atom stereocenters. The number of allylic oxidation sites excluding steroid dienone is 4. The third-order valence-electron chi connectivity index (χ3n) is 22.7. The van der Waals surface area contributed by atoms with Gasteiger partial charge in [0.05, 0.1) is 43.3 Å². The summed E-state index contributed by atoms with van der Waals surface area (Å²) in [7, 11) is 0. The minimum atomic E-state index is -1.12. The second-order valence-electron chi connectivity index (χ2n) is 43.0. The van der Waals surface area contributed by atoms with Crippen LogP contribution in [0.4, 0.5) is 0 Å². The first-order valence-corrected chi connectivity index (χ1v) is 46.7. The van der Waals surface area contributed by atoms with Crippen LogP contribution >= 0.6 is 0 Å². The van der Waals surface area contributed by atoms with E-state index in [2.05, 4.69) is 26.3 Å². The van der Waals surface area contributed by atoms with Crippen LogP contribution in [-0.4, -0.2) is 47.8 Å². The molecule has 0 saturated heterocycles. The number of ether oxygens (including phenoxy) is 8.